The lowest BCUT2D eigenvalue weighted by Crippen LogP contribution is -2.38. The molecule has 1 fully saturated rings. The highest BCUT2D eigenvalue weighted by Gasteiger charge is 2.50. The SMILES string of the molecule is Nc1ccc(Cl)cc1C(=O)O[C@H]1[C@@H](O)[C@H](n2cnc3c(=O)[nH]cnc32)O[C@@H]1COP(=O)(O)OP(=O)(O)OP(=O)(O)O. The number of ether oxygens (including phenoxy) is 2. The van der Waals surface area contributed by atoms with E-state index in [1.54, 1.807) is 0 Å². The first kappa shape index (κ1) is 31.4. The number of carbonyl (C=O) groups excluding carboxylic acids is 1. The molecule has 0 spiro atoms. The minimum atomic E-state index is -5.84. The molecule has 4 rings (SSSR count). The molecule has 0 aliphatic carbocycles. The molecule has 41 heavy (non-hydrogen) atoms. The molecule has 1 saturated heterocycles. The van der Waals surface area contributed by atoms with Crippen molar-refractivity contribution in [3.63, 3.8) is 0 Å². The Morgan fingerprint density at radius 3 is 2.54 bits per heavy atom. The van der Waals surface area contributed by atoms with Gasteiger partial charge in [0.05, 0.1) is 24.8 Å². The zero-order valence-corrected chi connectivity index (χ0v) is 23.3. The number of aliphatic hydroxyl groups is 1. The molecule has 1 aliphatic heterocycles. The summed E-state index contributed by atoms with van der Waals surface area (Å²) in [6.45, 7) is -1.10. The van der Waals surface area contributed by atoms with E-state index in [1.807, 2.05) is 0 Å². The van der Waals surface area contributed by atoms with E-state index in [4.69, 9.17) is 36.6 Å². The Hall–Kier alpha value is -2.54. The Labute approximate surface area is 232 Å². The van der Waals surface area contributed by atoms with Crippen LogP contribution in [0.4, 0.5) is 5.69 Å². The van der Waals surface area contributed by atoms with Crippen LogP contribution >= 0.6 is 35.1 Å². The summed E-state index contributed by atoms with van der Waals surface area (Å²) in [6, 6.07) is 3.86. The Kier molecular flexibility index (Phi) is 8.90. The molecule has 3 heterocycles. The second kappa shape index (κ2) is 11.6. The Morgan fingerprint density at radius 2 is 1.85 bits per heavy atom. The standard InChI is InChI=1S/C17H19ClN5O15P3/c18-7-1-2-9(19)8(3-7)17(26)36-13-10(4-34-40(30,31)38-41(32,33)37-39(27,28)29)35-16(12(13)24)23-6-22-11-14(23)20-5-21-15(11)25/h1-3,5-6,10,12-13,16,24H,4,19H2,(H,30,31)(H,32,33)(H,20,21,25)(H2,27,28,29)/t10-,12-,13-,16-/m1/s1. The van der Waals surface area contributed by atoms with Crippen molar-refractivity contribution in [2.75, 3.05) is 12.3 Å². The quantitative estimate of drug-likeness (QED) is 0.0865. The fourth-order valence-corrected chi connectivity index (χ4v) is 6.84. The lowest BCUT2D eigenvalue weighted by Gasteiger charge is -2.22. The maximum absolute atomic E-state index is 12.9. The summed E-state index contributed by atoms with van der Waals surface area (Å²) in [4.78, 5) is 71.6. The number of nitrogens with one attached hydrogen (secondary N) is 1. The van der Waals surface area contributed by atoms with Crippen molar-refractivity contribution in [1.82, 2.24) is 19.5 Å². The van der Waals surface area contributed by atoms with Gasteiger partial charge in [-0.15, -0.1) is 0 Å². The Bertz CT molecular complexity index is 1680. The molecule has 0 radical (unpaired) electrons. The lowest BCUT2D eigenvalue weighted by atomic mass is 10.1. The Morgan fingerprint density at radius 1 is 1.15 bits per heavy atom. The van der Waals surface area contributed by atoms with Gasteiger partial charge in [0.2, 0.25) is 0 Å². The number of aromatic amines is 1. The Balaban J connectivity index is 1.61. The number of aromatic nitrogens is 4. The number of nitrogens with two attached hydrogens (primary N) is 1. The fourth-order valence-electron chi connectivity index (χ4n) is 3.64. The number of rotatable bonds is 10. The van der Waals surface area contributed by atoms with Crippen LogP contribution in [-0.4, -0.2) is 75.1 Å². The molecule has 2 unspecified atom stereocenters. The summed E-state index contributed by atoms with van der Waals surface area (Å²) in [7, 11) is -17.1. The minimum Gasteiger partial charge on any atom is -0.453 e. The number of nitrogens with zero attached hydrogens (tertiary/aromatic N) is 3. The molecule has 6 atom stereocenters. The van der Waals surface area contributed by atoms with Crippen molar-refractivity contribution in [3.05, 3.63) is 51.8 Å². The highest BCUT2D eigenvalue weighted by molar-refractivity contribution is 7.66. The number of hydrogen-bond acceptors (Lipinski definition) is 14. The maximum Gasteiger partial charge on any atom is 0.490 e. The van der Waals surface area contributed by atoms with E-state index in [2.05, 4.69) is 28.1 Å². The van der Waals surface area contributed by atoms with Crippen LogP contribution in [0.2, 0.25) is 5.02 Å². The van der Waals surface area contributed by atoms with Crippen molar-refractivity contribution in [2.24, 2.45) is 0 Å². The summed E-state index contributed by atoms with van der Waals surface area (Å²) in [5.41, 5.74) is 4.66. The summed E-state index contributed by atoms with van der Waals surface area (Å²) in [5, 5.41) is 11.2. The zero-order chi connectivity index (χ0) is 30.3. The third kappa shape index (κ3) is 7.46. The predicted octanol–water partition coefficient (Wildman–Crippen LogP) is 0.182. The molecule has 0 saturated carbocycles. The number of fused-ring (bicyclic) bond motifs is 1. The number of H-pyrrole nitrogens is 1. The number of nitrogen functional groups attached to an aromatic ring is 1. The van der Waals surface area contributed by atoms with Crippen molar-refractivity contribution < 1.29 is 65.8 Å². The van der Waals surface area contributed by atoms with Gasteiger partial charge in [0.15, 0.2) is 23.5 Å². The predicted molar refractivity (Wildman–Crippen MR) is 133 cm³/mol. The van der Waals surface area contributed by atoms with E-state index in [0.717, 1.165) is 17.2 Å². The molecule has 224 valence electrons. The fraction of sp³-hybridized carbons (Fsp3) is 0.294. The molecular weight excluding hydrogens is 643 g/mol. The number of esters is 1. The van der Waals surface area contributed by atoms with Crippen molar-refractivity contribution in [2.45, 2.75) is 24.5 Å². The van der Waals surface area contributed by atoms with E-state index in [0.29, 0.717) is 0 Å². The van der Waals surface area contributed by atoms with Crippen LogP contribution in [0.3, 0.4) is 0 Å². The molecule has 20 nitrogen and oxygen atoms in total. The molecule has 0 amide bonds. The van der Waals surface area contributed by atoms with Gasteiger partial charge in [-0.2, -0.15) is 8.62 Å². The van der Waals surface area contributed by atoms with Gasteiger partial charge in [-0.1, -0.05) is 11.6 Å². The van der Waals surface area contributed by atoms with Crippen LogP contribution < -0.4 is 11.3 Å². The van der Waals surface area contributed by atoms with Crippen LogP contribution in [0.25, 0.3) is 11.2 Å². The molecule has 24 heteroatoms. The molecule has 3 aromatic rings. The summed E-state index contributed by atoms with van der Waals surface area (Å²) in [5.74, 6) is -1.12. The number of hydrogen-bond donors (Lipinski definition) is 7. The summed E-state index contributed by atoms with van der Waals surface area (Å²) >= 11 is 5.91. The average Bonchev–Trinajstić information content (AvgIpc) is 3.39. The van der Waals surface area contributed by atoms with Crippen LogP contribution in [0.1, 0.15) is 16.6 Å². The lowest BCUT2D eigenvalue weighted by molar-refractivity contribution is -0.0520. The van der Waals surface area contributed by atoms with E-state index >= 15 is 0 Å². The van der Waals surface area contributed by atoms with E-state index < -0.39 is 66.1 Å². The largest absolute Gasteiger partial charge is 0.490 e. The topological polar surface area (TPSA) is 305 Å². The van der Waals surface area contributed by atoms with E-state index in [-0.39, 0.29) is 27.4 Å². The van der Waals surface area contributed by atoms with E-state index in [1.165, 1.54) is 18.2 Å². The van der Waals surface area contributed by atoms with Gasteiger partial charge in [0, 0.05) is 10.7 Å². The minimum absolute atomic E-state index is 0.0572. The second-order valence-corrected chi connectivity index (χ2v) is 13.0. The van der Waals surface area contributed by atoms with Crippen molar-refractivity contribution in [1.29, 1.82) is 0 Å². The van der Waals surface area contributed by atoms with Gasteiger partial charge in [-0.25, -0.2) is 28.5 Å². The van der Waals surface area contributed by atoms with Gasteiger partial charge in [0.25, 0.3) is 5.56 Å². The van der Waals surface area contributed by atoms with Gasteiger partial charge < -0.3 is 44.9 Å². The summed E-state index contributed by atoms with van der Waals surface area (Å²) < 4.78 is 58.7. The number of carbonyl (C=O) groups is 1. The van der Waals surface area contributed by atoms with Gasteiger partial charge in [-0.05, 0) is 18.2 Å². The van der Waals surface area contributed by atoms with Gasteiger partial charge in [-0.3, -0.25) is 13.9 Å². The highest BCUT2D eigenvalue weighted by atomic mass is 35.5. The third-order valence-electron chi connectivity index (χ3n) is 5.24. The monoisotopic (exact) mass is 661 g/mol. The molecule has 8 N–H and O–H groups in total. The smallest absolute Gasteiger partial charge is 0.453 e. The number of phosphoric ester groups is 1. The highest BCUT2D eigenvalue weighted by Crippen LogP contribution is 2.66. The van der Waals surface area contributed by atoms with E-state index in [9.17, 15) is 38.2 Å². The van der Waals surface area contributed by atoms with Crippen LogP contribution in [0.15, 0.2) is 35.6 Å². The van der Waals surface area contributed by atoms with Crippen LogP contribution in [-0.2, 0) is 36.3 Å². The molecular formula is C17H19ClN5O15P3. The number of anilines is 1. The molecule has 2 aromatic heterocycles. The first-order chi connectivity index (χ1) is 19.0. The first-order valence-corrected chi connectivity index (χ1v) is 15.6. The van der Waals surface area contributed by atoms with Gasteiger partial charge >= 0.3 is 29.4 Å². The number of halogens is 1. The van der Waals surface area contributed by atoms with Crippen molar-refractivity contribution in [3.8, 4) is 0 Å². The number of phosphoric acid groups is 3. The first-order valence-electron chi connectivity index (χ1n) is 10.7. The maximum atomic E-state index is 12.9. The van der Waals surface area contributed by atoms with Crippen molar-refractivity contribution >= 4 is 57.9 Å². The number of imidazole rings is 1. The normalized spacial score (nSPS) is 24.1. The van der Waals surface area contributed by atoms with Crippen LogP contribution in [0.5, 0.6) is 0 Å². The molecule has 1 aliphatic rings. The van der Waals surface area contributed by atoms with Gasteiger partial charge in [0.1, 0.15) is 12.2 Å². The average molecular weight is 662 g/mol. The molecule has 0 bridgehead atoms. The summed E-state index contributed by atoms with van der Waals surface area (Å²) in [6.07, 6.45) is -4.53. The molecule has 1 aromatic carbocycles. The van der Waals surface area contributed by atoms with Crippen LogP contribution in [0, 0.1) is 0 Å². The number of benzene rings is 1. The second-order valence-electron chi connectivity index (χ2n) is 8.10. The zero-order valence-electron chi connectivity index (χ0n) is 19.9. The number of aliphatic hydroxyl groups excluding tert-OH is 1. The third-order valence-corrected chi connectivity index (χ3v) is 9.28.